The smallest absolute Gasteiger partial charge is 0.305 e. The van der Waals surface area contributed by atoms with Gasteiger partial charge in [0, 0.05) is 37.5 Å². The molecule has 0 aromatic rings. The predicted molar refractivity (Wildman–Crippen MR) is 220 cm³/mol. The molecule has 3 N–H and O–H groups in total. The van der Waals surface area contributed by atoms with E-state index in [2.05, 4.69) is 41.5 Å². The molecule has 0 aromatic heterocycles. The number of ether oxygens (including phenoxy) is 1. The third-order valence-corrected chi connectivity index (χ3v) is 20.3. The van der Waals surface area contributed by atoms with Crippen LogP contribution in [0.4, 0.5) is 0 Å². The molecular weight excluding hydrogens is 717 g/mol. The molecule has 0 radical (unpaired) electrons. The van der Waals surface area contributed by atoms with Crippen molar-refractivity contribution in [2.45, 2.75) is 182 Å². The number of carboxylic acids is 1. The molecule has 8 aliphatic rings. The van der Waals surface area contributed by atoms with Crippen LogP contribution in [0.25, 0.3) is 0 Å². The van der Waals surface area contributed by atoms with Crippen LogP contribution >= 0.6 is 0 Å². The highest BCUT2D eigenvalue weighted by molar-refractivity contribution is 5.84. The maximum atomic E-state index is 13.4. The van der Waals surface area contributed by atoms with Gasteiger partial charge in [-0.05, 0) is 184 Å². The molecule has 0 heterocycles. The molecule has 0 bridgehead atoms. The molecule has 8 nitrogen and oxygen atoms in total. The summed E-state index contributed by atoms with van der Waals surface area (Å²) in [7, 11) is 1.47. The van der Waals surface area contributed by atoms with Gasteiger partial charge >= 0.3 is 11.9 Å². The van der Waals surface area contributed by atoms with Crippen LogP contribution in [0, 0.1) is 92.7 Å². The van der Waals surface area contributed by atoms with Crippen LogP contribution in [0.3, 0.4) is 0 Å². The van der Waals surface area contributed by atoms with Crippen LogP contribution in [0.15, 0.2) is 0 Å². The second-order valence-corrected chi connectivity index (χ2v) is 22.5. The second kappa shape index (κ2) is 16.2. The number of Topliss-reactive ketones (excluding diaryl/α,β-unsaturated/α-hetero) is 2. The molecule has 0 aromatic carbocycles. The van der Waals surface area contributed by atoms with Crippen LogP contribution < -0.4 is 0 Å². The van der Waals surface area contributed by atoms with E-state index in [9.17, 15) is 29.4 Å². The maximum absolute atomic E-state index is 13.4. The van der Waals surface area contributed by atoms with Crippen molar-refractivity contribution in [2.24, 2.45) is 92.7 Å². The molecule has 0 amide bonds. The van der Waals surface area contributed by atoms with Crippen LogP contribution in [0.2, 0.25) is 0 Å². The van der Waals surface area contributed by atoms with Gasteiger partial charge in [-0.1, -0.05) is 41.5 Å². The summed E-state index contributed by atoms with van der Waals surface area (Å²) in [5.41, 5.74) is 0.857. The predicted octanol–water partition coefficient (Wildman–Crippen LogP) is 9.46. The average Bonchev–Trinajstić information content (AvgIpc) is 3.71. The molecule has 18 atom stereocenters. The molecule has 0 saturated heterocycles. The minimum Gasteiger partial charge on any atom is -0.481 e. The highest BCUT2D eigenvalue weighted by Crippen LogP contribution is 2.69. The monoisotopic (exact) mass is 795 g/mol. The van der Waals surface area contributed by atoms with Gasteiger partial charge in [0.05, 0.1) is 19.3 Å². The van der Waals surface area contributed by atoms with Gasteiger partial charge < -0.3 is 20.1 Å². The lowest BCUT2D eigenvalue weighted by atomic mass is 9.44. The van der Waals surface area contributed by atoms with Gasteiger partial charge in [0.15, 0.2) is 0 Å². The minimum atomic E-state index is -0.698. The number of rotatable bonds is 8. The molecule has 8 saturated carbocycles. The summed E-state index contributed by atoms with van der Waals surface area (Å²) in [6.45, 7) is 14.2. The van der Waals surface area contributed by atoms with E-state index in [1.54, 1.807) is 0 Å². The van der Waals surface area contributed by atoms with Gasteiger partial charge in [-0.2, -0.15) is 0 Å². The van der Waals surface area contributed by atoms with Gasteiger partial charge in [-0.25, -0.2) is 0 Å². The Morgan fingerprint density at radius 2 is 1.00 bits per heavy atom. The largest absolute Gasteiger partial charge is 0.481 e. The molecule has 0 spiro atoms. The minimum absolute atomic E-state index is 0.110. The van der Waals surface area contributed by atoms with E-state index in [-0.39, 0.29) is 58.1 Å². The van der Waals surface area contributed by atoms with Crippen LogP contribution in [0.5, 0.6) is 0 Å². The fourth-order valence-corrected chi connectivity index (χ4v) is 17.0. The van der Waals surface area contributed by atoms with Crippen LogP contribution in [0.1, 0.15) is 170 Å². The Balaban J connectivity index is 0.000000174. The zero-order valence-electron chi connectivity index (χ0n) is 36.6. The highest BCUT2D eigenvalue weighted by Gasteiger charge is 2.64. The Hall–Kier alpha value is -1.80. The van der Waals surface area contributed by atoms with Crippen molar-refractivity contribution < 1.29 is 39.2 Å². The van der Waals surface area contributed by atoms with Crippen LogP contribution in [-0.2, 0) is 23.9 Å². The van der Waals surface area contributed by atoms with Crippen LogP contribution in [-0.4, -0.2) is 58.1 Å². The van der Waals surface area contributed by atoms with E-state index < -0.39 is 5.97 Å². The first-order valence-corrected chi connectivity index (χ1v) is 23.6. The number of carbonyl (C=O) groups is 4. The zero-order chi connectivity index (χ0) is 41.2. The number of carboxylic acid groups (broad SMARTS) is 1. The number of hydrogen-bond acceptors (Lipinski definition) is 7. The Labute approximate surface area is 343 Å². The lowest BCUT2D eigenvalue weighted by Gasteiger charge is -2.60. The normalized spacial score (nSPS) is 48.4. The van der Waals surface area contributed by atoms with Gasteiger partial charge in [-0.3, -0.25) is 19.2 Å². The molecule has 8 heteroatoms. The summed E-state index contributed by atoms with van der Waals surface area (Å²) in [5, 5.41) is 29.4. The summed E-state index contributed by atoms with van der Waals surface area (Å²) in [6, 6.07) is 0. The van der Waals surface area contributed by atoms with Crippen molar-refractivity contribution in [1.82, 2.24) is 0 Å². The summed E-state index contributed by atoms with van der Waals surface area (Å²) >= 11 is 0. The molecule has 8 aliphatic carbocycles. The fraction of sp³-hybridized carbons (Fsp3) is 0.918. The van der Waals surface area contributed by atoms with Gasteiger partial charge in [0.2, 0.25) is 0 Å². The molecule has 322 valence electrons. The third kappa shape index (κ3) is 7.51. The number of methoxy groups -OCH3 is 1. The fourth-order valence-electron chi connectivity index (χ4n) is 17.0. The number of aliphatic hydroxyl groups excluding tert-OH is 2. The van der Waals surface area contributed by atoms with E-state index in [0.29, 0.717) is 90.0 Å². The van der Waals surface area contributed by atoms with E-state index >= 15 is 0 Å². The van der Waals surface area contributed by atoms with E-state index in [1.165, 1.54) is 32.8 Å². The number of fused-ring (bicyclic) bond motifs is 10. The van der Waals surface area contributed by atoms with Crippen molar-refractivity contribution in [1.29, 1.82) is 0 Å². The van der Waals surface area contributed by atoms with Gasteiger partial charge in [0.1, 0.15) is 11.6 Å². The number of ketones is 2. The first-order valence-electron chi connectivity index (χ1n) is 23.6. The topological polar surface area (TPSA) is 138 Å². The SMILES string of the molecule is COC(=O)CC[C@@H](C)[C@H]1CC[C@H]2[C@@H]3C(=O)C[C@@H]4C[C@H](O)CC[C@]4(C)[C@H]3CC[C@]12C.C[C@H](CCC(=O)O)[C@H]1CC[C@H]2[C@@H]3C(=O)C[C@@H]4C[C@H](O)CC[C@]4(C)[C@H]3CC[C@]12C. The Bertz CT molecular complexity index is 1530. The number of aliphatic carboxylic acids is 1. The lowest BCUT2D eigenvalue weighted by molar-refractivity contribution is -0.161. The molecule has 8 rings (SSSR count). The highest BCUT2D eigenvalue weighted by atomic mass is 16.5. The van der Waals surface area contributed by atoms with Crippen molar-refractivity contribution in [3.63, 3.8) is 0 Å². The van der Waals surface area contributed by atoms with Crippen molar-refractivity contribution in [2.75, 3.05) is 7.11 Å². The Kier molecular flexibility index (Phi) is 12.3. The van der Waals surface area contributed by atoms with Gasteiger partial charge in [-0.15, -0.1) is 0 Å². The lowest BCUT2D eigenvalue weighted by Crippen LogP contribution is -2.57. The standard InChI is InChI=1S/C25H40O4.C24H38O4/c1-15(5-8-22(28)29-4)18-6-7-19-23-20(10-12-25(18,19)3)24(2)11-9-17(26)13-16(24)14-21(23)27;1-14(4-7-21(27)28)17-5-6-18-22-19(9-11-24(17,18)3)23(2)10-8-16(25)12-15(23)13-20(22)26/h15-20,23,26H,5-14H2,1-4H3;14-19,22,25H,4-13H2,1-3H3,(H,27,28)/t15-,16+,17-,18-,19+,20+,23+,24+,25-;14-,15+,16-,17-,18+,19+,22+,23+,24-/m11/s1. The Morgan fingerprint density at radius 1 is 0.614 bits per heavy atom. The number of aliphatic hydroxyl groups is 2. The third-order valence-electron chi connectivity index (χ3n) is 20.3. The first-order chi connectivity index (χ1) is 26.9. The van der Waals surface area contributed by atoms with Gasteiger partial charge in [0.25, 0.3) is 0 Å². The molecule has 8 fully saturated rings. The van der Waals surface area contributed by atoms with E-state index in [0.717, 1.165) is 77.0 Å². The first kappa shape index (κ1) is 43.3. The van der Waals surface area contributed by atoms with Crippen molar-refractivity contribution in [3.8, 4) is 0 Å². The summed E-state index contributed by atoms with van der Waals surface area (Å²) < 4.78 is 4.85. The summed E-state index contributed by atoms with van der Waals surface area (Å²) in [4.78, 5) is 49.4. The Morgan fingerprint density at radius 3 is 1.40 bits per heavy atom. The quantitative estimate of drug-likeness (QED) is 0.207. The molecular formula is C49H78O8. The second-order valence-electron chi connectivity index (χ2n) is 22.5. The van der Waals surface area contributed by atoms with Crippen molar-refractivity contribution >= 4 is 23.5 Å². The van der Waals surface area contributed by atoms with E-state index in [1.807, 2.05) is 0 Å². The zero-order valence-corrected chi connectivity index (χ0v) is 36.6. The molecule has 0 unspecified atom stereocenters. The number of carbonyl (C=O) groups excluding carboxylic acids is 3. The summed E-state index contributed by atoms with van der Waals surface area (Å²) in [6.07, 6.45) is 18.2. The average molecular weight is 795 g/mol. The maximum Gasteiger partial charge on any atom is 0.305 e. The number of hydrogen-bond donors (Lipinski definition) is 3. The molecule has 57 heavy (non-hydrogen) atoms. The van der Waals surface area contributed by atoms with E-state index in [4.69, 9.17) is 9.84 Å². The summed E-state index contributed by atoms with van der Waals surface area (Å²) in [5.74, 6) is 5.33. The number of esters is 1. The molecule has 0 aliphatic heterocycles. The van der Waals surface area contributed by atoms with Crippen molar-refractivity contribution in [3.05, 3.63) is 0 Å².